The maximum Gasteiger partial charge on any atom is 0.418 e. The fraction of sp³-hybridized carbons (Fsp3) is 0.190. The van der Waals surface area contributed by atoms with Gasteiger partial charge in [0.1, 0.15) is 0 Å². The lowest BCUT2D eigenvalue weighted by atomic mass is 9.97. The first-order chi connectivity index (χ1) is 14.5. The van der Waals surface area contributed by atoms with Crippen LogP contribution in [0, 0.1) is 6.92 Å². The molecule has 0 saturated carbocycles. The van der Waals surface area contributed by atoms with Crippen molar-refractivity contribution in [2.75, 3.05) is 0 Å². The minimum Gasteiger partial charge on any atom is -0.339 e. The molecule has 1 aromatic carbocycles. The zero-order valence-electron chi connectivity index (χ0n) is 15.9. The van der Waals surface area contributed by atoms with Crippen LogP contribution in [0.15, 0.2) is 61.1 Å². The SMILES string of the molecule is Cc1cncc(C(=O)NC(c2ccc(C(F)(F)F)cc2)c2ncccc2C(F)(F)F)c1. The molecule has 0 aliphatic rings. The largest absolute Gasteiger partial charge is 0.418 e. The molecule has 10 heteroatoms. The van der Waals surface area contributed by atoms with E-state index in [0.717, 1.165) is 42.6 Å². The van der Waals surface area contributed by atoms with Crippen molar-refractivity contribution < 1.29 is 31.1 Å². The third kappa shape index (κ3) is 5.19. The van der Waals surface area contributed by atoms with Crippen molar-refractivity contribution in [2.24, 2.45) is 0 Å². The van der Waals surface area contributed by atoms with Gasteiger partial charge in [-0.25, -0.2) is 0 Å². The molecule has 1 amide bonds. The van der Waals surface area contributed by atoms with Crippen LogP contribution in [-0.4, -0.2) is 15.9 Å². The van der Waals surface area contributed by atoms with Crippen molar-refractivity contribution in [3.8, 4) is 0 Å². The number of nitrogens with one attached hydrogen (secondary N) is 1. The van der Waals surface area contributed by atoms with Crippen molar-refractivity contribution in [3.63, 3.8) is 0 Å². The van der Waals surface area contributed by atoms with Crippen molar-refractivity contribution in [1.29, 1.82) is 0 Å². The Bertz CT molecular complexity index is 1080. The lowest BCUT2D eigenvalue weighted by Crippen LogP contribution is -2.32. The maximum atomic E-state index is 13.5. The molecular formula is C21H15F6N3O. The van der Waals surface area contributed by atoms with Crippen LogP contribution in [0.2, 0.25) is 0 Å². The normalized spacial score (nSPS) is 13.0. The maximum absolute atomic E-state index is 13.5. The van der Waals surface area contributed by atoms with Crippen LogP contribution >= 0.6 is 0 Å². The van der Waals surface area contributed by atoms with Gasteiger partial charge in [-0.2, -0.15) is 26.3 Å². The third-order valence-electron chi connectivity index (χ3n) is 4.40. The number of carbonyl (C=O) groups is 1. The standard InChI is InChI=1S/C21H15F6N3O/c1-12-9-14(11-28-10-12)19(31)30-17(13-4-6-15(7-5-13)20(22,23)24)18-16(21(25,26)27)3-2-8-29-18/h2-11,17H,1H3,(H,30,31). The summed E-state index contributed by atoms with van der Waals surface area (Å²) in [6.45, 7) is 1.68. The minimum atomic E-state index is -4.79. The Morgan fingerprint density at radius 1 is 0.968 bits per heavy atom. The summed E-state index contributed by atoms with van der Waals surface area (Å²) in [7, 11) is 0. The molecule has 3 rings (SSSR count). The van der Waals surface area contributed by atoms with E-state index in [0.29, 0.717) is 5.56 Å². The number of halogens is 6. The summed E-state index contributed by atoms with van der Waals surface area (Å²) in [5.74, 6) is -0.750. The zero-order chi connectivity index (χ0) is 22.8. The van der Waals surface area contributed by atoms with Gasteiger partial charge in [0.2, 0.25) is 0 Å². The van der Waals surface area contributed by atoms with Gasteiger partial charge in [0, 0.05) is 18.6 Å². The van der Waals surface area contributed by atoms with Crippen molar-refractivity contribution in [1.82, 2.24) is 15.3 Å². The molecule has 1 N–H and O–H groups in total. The smallest absolute Gasteiger partial charge is 0.339 e. The lowest BCUT2D eigenvalue weighted by molar-refractivity contribution is -0.139. The van der Waals surface area contributed by atoms with E-state index >= 15 is 0 Å². The Morgan fingerprint density at radius 2 is 1.65 bits per heavy atom. The van der Waals surface area contributed by atoms with Crippen LogP contribution in [0.4, 0.5) is 26.3 Å². The van der Waals surface area contributed by atoms with E-state index in [2.05, 4.69) is 15.3 Å². The average Bonchev–Trinajstić information content (AvgIpc) is 2.71. The van der Waals surface area contributed by atoms with Crippen molar-refractivity contribution in [3.05, 3.63) is 94.6 Å². The highest BCUT2D eigenvalue weighted by atomic mass is 19.4. The second-order valence-electron chi connectivity index (χ2n) is 6.71. The second kappa shape index (κ2) is 8.37. The van der Waals surface area contributed by atoms with Gasteiger partial charge < -0.3 is 5.32 Å². The molecule has 3 aromatic rings. The van der Waals surface area contributed by atoms with Crippen LogP contribution in [0.25, 0.3) is 0 Å². The molecule has 1 unspecified atom stereocenters. The van der Waals surface area contributed by atoms with Gasteiger partial charge in [-0.1, -0.05) is 12.1 Å². The Hall–Kier alpha value is -3.43. The fourth-order valence-electron chi connectivity index (χ4n) is 2.95. The molecule has 31 heavy (non-hydrogen) atoms. The van der Waals surface area contributed by atoms with Gasteiger partial charge in [-0.3, -0.25) is 14.8 Å². The van der Waals surface area contributed by atoms with Crippen molar-refractivity contribution >= 4 is 5.91 Å². The molecule has 4 nitrogen and oxygen atoms in total. The number of aromatic nitrogens is 2. The molecule has 0 fully saturated rings. The monoisotopic (exact) mass is 439 g/mol. The van der Waals surface area contributed by atoms with E-state index in [1.807, 2.05) is 0 Å². The van der Waals surface area contributed by atoms with Crippen LogP contribution in [0.3, 0.4) is 0 Å². The number of carbonyl (C=O) groups excluding carboxylic acids is 1. The predicted octanol–water partition coefficient (Wildman–Crippen LogP) is 5.34. The van der Waals surface area contributed by atoms with E-state index < -0.39 is 41.1 Å². The van der Waals surface area contributed by atoms with Gasteiger partial charge in [0.15, 0.2) is 0 Å². The third-order valence-corrected chi connectivity index (χ3v) is 4.40. The van der Waals surface area contributed by atoms with E-state index in [1.165, 1.54) is 18.5 Å². The summed E-state index contributed by atoms with van der Waals surface area (Å²) < 4.78 is 79.3. The van der Waals surface area contributed by atoms with Gasteiger partial charge in [-0.15, -0.1) is 0 Å². The zero-order valence-corrected chi connectivity index (χ0v) is 15.9. The Kier molecular flexibility index (Phi) is 6.01. The number of alkyl halides is 6. The fourth-order valence-corrected chi connectivity index (χ4v) is 2.95. The molecule has 1 atom stereocenters. The van der Waals surface area contributed by atoms with Gasteiger partial charge >= 0.3 is 12.4 Å². The minimum absolute atomic E-state index is 0.00571. The van der Waals surface area contributed by atoms with Crippen LogP contribution < -0.4 is 5.32 Å². The topological polar surface area (TPSA) is 54.9 Å². The lowest BCUT2D eigenvalue weighted by Gasteiger charge is -2.23. The number of amides is 1. The molecule has 162 valence electrons. The first kappa shape index (κ1) is 22.3. The number of aryl methyl sites for hydroxylation is 1. The van der Waals surface area contributed by atoms with E-state index in [4.69, 9.17) is 0 Å². The molecule has 2 aromatic heterocycles. The highest BCUT2D eigenvalue weighted by molar-refractivity contribution is 5.94. The number of hydrogen-bond donors (Lipinski definition) is 1. The Labute approximate surface area is 173 Å². The first-order valence-corrected chi connectivity index (χ1v) is 8.88. The van der Waals surface area contributed by atoms with Crippen molar-refractivity contribution in [2.45, 2.75) is 25.3 Å². The summed E-state index contributed by atoms with van der Waals surface area (Å²) in [6.07, 6.45) is -5.57. The second-order valence-corrected chi connectivity index (χ2v) is 6.71. The Morgan fingerprint density at radius 3 is 2.23 bits per heavy atom. The number of benzene rings is 1. The van der Waals surface area contributed by atoms with Crippen LogP contribution in [0.5, 0.6) is 0 Å². The molecule has 0 saturated heterocycles. The van der Waals surface area contributed by atoms with Gasteiger partial charge in [0.05, 0.1) is 28.4 Å². The average molecular weight is 439 g/mol. The molecule has 0 aliphatic carbocycles. The molecule has 0 bridgehead atoms. The molecule has 2 heterocycles. The summed E-state index contributed by atoms with van der Waals surface area (Å²) in [6, 6.07) is 5.40. The van der Waals surface area contributed by atoms with E-state index in [1.54, 1.807) is 6.92 Å². The number of pyridine rings is 2. The molecule has 0 radical (unpaired) electrons. The van der Waals surface area contributed by atoms with Gasteiger partial charge in [-0.05, 0) is 48.4 Å². The number of rotatable bonds is 4. The van der Waals surface area contributed by atoms with Gasteiger partial charge in [0.25, 0.3) is 5.91 Å². The highest BCUT2D eigenvalue weighted by Gasteiger charge is 2.37. The van der Waals surface area contributed by atoms with E-state index in [-0.39, 0.29) is 11.1 Å². The highest BCUT2D eigenvalue weighted by Crippen LogP contribution is 2.36. The van der Waals surface area contributed by atoms with Crippen LogP contribution in [-0.2, 0) is 12.4 Å². The molecular weight excluding hydrogens is 424 g/mol. The number of nitrogens with zero attached hydrogens (tertiary/aromatic N) is 2. The summed E-state index contributed by atoms with van der Waals surface area (Å²) in [5, 5.41) is 2.44. The van der Waals surface area contributed by atoms with Crippen LogP contribution in [0.1, 0.15) is 44.3 Å². The summed E-state index contributed by atoms with van der Waals surface area (Å²) >= 11 is 0. The summed E-state index contributed by atoms with van der Waals surface area (Å²) in [5.41, 5.74) is -1.88. The molecule has 0 aliphatic heterocycles. The summed E-state index contributed by atoms with van der Waals surface area (Å²) in [4.78, 5) is 20.4. The quantitative estimate of drug-likeness (QED) is 0.559. The first-order valence-electron chi connectivity index (χ1n) is 8.88. The Balaban J connectivity index is 2.08. The predicted molar refractivity (Wildman–Crippen MR) is 99.0 cm³/mol. The van der Waals surface area contributed by atoms with E-state index in [9.17, 15) is 31.1 Å². The number of hydrogen-bond acceptors (Lipinski definition) is 3. The molecule has 0 spiro atoms.